The third kappa shape index (κ3) is 5.50. The van der Waals surface area contributed by atoms with Gasteiger partial charge in [-0.15, -0.1) is 0 Å². The van der Waals surface area contributed by atoms with E-state index in [-0.39, 0.29) is 0 Å². The first-order chi connectivity index (χ1) is 7.27. The first-order valence-electron chi connectivity index (χ1n) is 6.08. The van der Waals surface area contributed by atoms with Crippen LogP contribution in [-0.4, -0.2) is 39.0 Å². The van der Waals surface area contributed by atoms with Gasteiger partial charge in [0.15, 0.2) is 0 Å². The van der Waals surface area contributed by atoms with Crippen LogP contribution >= 0.6 is 0 Å². The van der Waals surface area contributed by atoms with E-state index < -0.39 is 0 Å². The van der Waals surface area contributed by atoms with Gasteiger partial charge in [0.2, 0.25) is 0 Å². The van der Waals surface area contributed by atoms with Crippen LogP contribution in [0, 0.1) is 0 Å². The Hall–Kier alpha value is -0.120. The summed E-state index contributed by atoms with van der Waals surface area (Å²) in [7, 11) is 1.70. The van der Waals surface area contributed by atoms with Gasteiger partial charge in [0.25, 0.3) is 0 Å². The summed E-state index contributed by atoms with van der Waals surface area (Å²) >= 11 is 0. The fraction of sp³-hybridized carbons (Fsp3) is 1.00. The molecule has 0 spiro atoms. The topological polar surface area (TPSA) is 30.5 Å². The molecule has 0 aromatic heterocycles. The lowest BCUT2D eigenvalue weighted by atomic mass is 9.83. The lowest BCUT2D eigenvalue weighted by molar-refractivity contribution is 0.0677. The summed E-state index contributed by atoms with van der Waals surface area (Å²) in [5.74, 6) is 0. The molecule has 0 radical (unpaired) electrons. The Morgan fingerprint density at radius 3 is 2.47 bits per heavy atom. The lowest BCUT2D eigenvalue weighted by Gasteiger charge is -2.34. The predicted octanol–water partition coefficient (Wildman–Crippen LogP) is 1.96. The van der Waals surface area contributed by atoms with Crippen molar-refractivity contribution in [3.05, 3.63) is 0 Å². The molecule has 1 aliphatic rings. The Morgan fingerprint density at radius 1 is 1.07 bits per heavy atom. The minimum Gasteiger partial charge on any atom is -0.382 e. The van der Waals surface area contributed by atoms with Crippen LogP contribution in [0.5, 0.6) is 0 Å². The number of rotatable bonds is 7. The second kappa shape index (κ2) is 7.20. The minimum absolute atomic E-state index is 0.364. The highest BCUT2D eigenvalue weighted by atomic mass is 16.5. The largest absolute Gasteiger partial charge is 0.382 e. The molecular formula is C12H25NO2. The third-order valence-corrected chi connectivity index (χ3v) is 3.19. The molecule has 0 saturated heterocycles. The van der Waals surface area contributed by atoms with E-state index in [1.807, 2.05) is 0 Å². The normalized spacial score (nSPS) is 20.4. The van der Waals surface area contributed by atoms with E-state index in [0.29, 0.717) is 18.8 Å². The summed E-state index contributed by atoms with van der Waals surface area (Å²) in [6.07, 6.45) is 6.76. The van der Waals surface area contributed by atoms with Crippen molar-refractivity contribution >= 4 is 0 Å². The zero-order valence-electron chi connectivity index (χ0n) is 10.2. The SMILES string of the molecule is COCCOCCNC1(C)CCCCC1. The van der Waals surface area contributed by atoms with E-state index in [2.05, 4.69) is 12.2 Å². The third-order valence-electron chi connectivity index (χ3n) is 3.19. The molecule has 0 unspecified atom stereocenters. The van der Waals surface area contributed by atoms with Crippen molar-refractivity contribution in [1.82, 2.24) is 5.32 Å². The second-order valence-electron chi connectivity index (χ2n) is 4.65. The summed E-state index contributed by atoms with van der Waals surface area (Å²) in [6, 6.07) is 0. The van der Waals surface area contributed by atoms with Crippen molar-refractivity contribution in [3.8, 4) is 0 Å². The number of ether oxygens (including phenoxy) is 2. The van der Waals surface area contributed by atoms with Gasteiger partial charge in [0.05, 0.1) is 19.8 Å². The second-order valence-corrected chi connectivity index (χ2v) is 4.65. The highest BCUT2D eigenvalue weighted by molar-refractivity contribution is 4.85. The molecule has 0 heterocycles. The number of nitrogens with one attached hydrogen (secondary N) is 1. The van der Waals surface area contributed by atoms with Gasteiger partial charge in [-0.3, -0.25) is 0 Å². The van der Waals surface area contributed by atoms with Crippen molar-refractivity contribution < 1.29 is 9.47 Å². The van der Waals surface area contributed by atoms with Gasteiger partial charge in [0, 0.05) is 19.2 Å². The van der Waals surface area contributed by atoms with Crippen LogP contribution in [0.3, 0.4) is 0 Å². The van der Waals surface area contributed by atoms with Crippen molar-refractivity contribution in [1.29, 1.82) is 0 Å². The average molecular weight is 215 g/mol. The maximum atomic E-state index is 5.42. The quantitative estimate of drug-likeness (QED) is 0.659. The zero-order chi connectivity index (χ0) is 11.0. The summed E-state index contributed by atoms with van der Waals surface area (Å²) in [6.45, 7) is 5.48. The summed E-state index contributed by atoms with van der Waals surface area (Å²) in [5.41, 5.74) is 0.364. The maximum absolute atomic E-state index is 5.42. The highest BCUT2D eigenvalue weighted by Gasteiger charge is 2.25. The molecule has 90 valence electrons. The summed E-state index contributed by atoms with van der Waals surface area (Å²) < 4.78 is 10.3. The van der Waals surface area contributed by atoms with Crippen LogP contribution in [0.4, 0.5) is 0 Å². The number of hydrogen-bond donors (Lipinski definition) is 1. The van der Waals surface area contributed by atoms with Gasteiger partial charge in [-0.1, -0.05) is 19.3 Å². The van der Waals surface area contributed by atoms with Crippen LogP contribution < -0.4 is 5.32 Å². The Balaban J connectivity index is 1.98. The van der Waals surface area contributed by atoms with Gasteiger partial charge < -0.3 is 14.8 Å². The Kier molecular flexibility index (Phi) is 6.22. The summed E-state index contributed by atoms with van der Waals surface area (Å²) in [5, 5.41) is 3.61. The van der Waals surface area contributed by atoms with E-state index in [4.69, 9.17) is 9.47 Å². The van der Waals surface area contributed by atoms with Crippen molar-refractivity contribution in [2.24, 2.45) is 0 Å². The standard InChI is InChI=1S/C12H25NO2/c1-12(6-4-3-5-7-12)13-8-9-15-11-10-14-2/h13H,3-11H2,1-2H3. The number of hydrogen-bond acceptors (Lipinski definition) is 3. The predicted molar refractivity (Wildman–Crippen MR) is 62.2 cm³/mol. The van der Waals surface area contributed by atoms with Crippen LogP contribution in [0.15, 0.2) is 0 Å². The van der Waals surface area contributed by atoms with E-state index in [1.165, 1.54) is 32.1 Å². The molecule has 0 amide bonds. The Bertz CT molecular complexity index is 156. The van der Waals surface area contributed by atoms with Crippen LogP contribution in [0.2, 0.25) is 0 Å². The molecular weight excluding hydrogens is 190 g/mol. The molecule has 0 aliphatic heterocycles. The lowest BCUT2D eigenvalue weighted by Crippen LogP contribution is -2.45. The average Bonchev–Trinajstić information content (AvgIpc) is 2.24. The first-order valence-corrected chi connectivity index (χ1v) is 6.08. The molecule has 0 bridgehead atoms. The molecule has 1 rings (SSSR count). The van der Waals surface area contributed by atoms with E-state index in [0.717, 1.165) is 13.2 Å². The monoisotopic (exact) mass is 215 g/mol. The van der Waals surface area contributed by atoms with E-state index >= 15 is 0 Å². The molecule has 1 N–H and O–H groups in total. The first kappa shape index (κ1) is 12.9. The molecule has 1 saturated carbocycles. The molecule has 3 nitrogen and oxygen atoms in total. The molecule has 0 atom stereocenters. The zero-order valence-corrected chi connectivity index (χ0v) is 10.2. The Labute approximate surface area is 93.5 Å². The van der Waals surface area contributed by atoms with Gasteiger partial charge >= 0.3 is 0 Å². The van der Waals surface area contributed by atoms with Gasteiger partial charge in [0.1, 0.15) is 0 Å². The molecule has 1 aliphatic carbocycles. The van der Waals surface area contributed by atoms with Crippen molar-refractivity contribution in [2.45, 2.75) is 44.6 Å². The van der Waals surface area contributed by atoms with Gasteiger partial charge in [-0.25, -0.2) is 0 Å². The molecule has 1 fully saturated rings. The molecule has 3 heteroatoms. The van der Waals surface area contributed by atoms with Crippen LogP contribution in [0.25, 0.3) is 0 Å². The number of methoxy groups -OCH3 is 1. The Morgan fingerprint density at radius 2 is 1.80 bits per heavy atom. The minimum atomic E-state index is 0.364. The molecule has 0 aromatic rings. The van der Waals surface area contributed by atoms with Gasteiger partial charge in [-0.05, 0) is 19.8 Å². The van der Waals surface area contributed by atoms with Crippen molar-refractivity contribution in [2.75, 3.05) is 33.5 Å². The van der Waals surface area contributed by atoms with E-state index in [1.54, 1.807) is 7.11 Å². The molecule has 0 aromatic carbocycles. The molecule has 15 heavy (non-hydrogen) atoms. The van der Waals surface area contributed by atoms with Crippen LogP contribution in [0.1, 0.15) is 39.0 Å². The highest BCUT2D eigenvalue weighted by Crippen LogP contribution is 2.27. The van der Waals surface area contributed by atoms with E-state index in [9.17, 15) is 0 Å². The fourth-order valence-corrected chi connectivity index (χ4v) is 2.18. The maximum Gasteiger partial charge on any atom is 0.0700 e. The van der Waals surface area contributed by atoms with Crippen LogP contribution in [-0.2, 0) is 9.47 Å². The summed E-state index contributed by atoms with van der Waals surface area (Å²) in [4.78, 5) is 0. The fourth-order valence-electron chi connectivity index (χ4n) is 2.18. The smallest absolute Gasteiger partial charge is 0.0700 e. The van der Waals surface area contributed by atoms with Gasteiger partial charge in [-0.2, -0.15) is 0 Å². The van der Waals surface area contributed by atoms with Crippen molar-refractivity contribution in [3.63, 3.8) is 0 Å².